The molecule has 3 nitrogen and oxygen atoms in total. The fourth-order valence-electron chi connectivity index (χ4n) is 2.41. The Morgan fingerprint density at radius 1 is 1.29 bits per heavy atom. The lowest BCUT2D eigenvalue weighted by atomic mass is 9.86. The lowest BCUT2D eigenvalue weighted by Gasteiger charge is -2.23. The minimum atomic E-state index is 0.128. The van der Waals surface area contributed by atoms with E-state index in [1.807, 2.05) is 0 Å². The Balaban J connectivity index is 2.34. The number of aromatic nitrogens is 2. The maximum absolute atomic E-state index is 5.78. The van der Waals surface area contributed by atoms with Gasteiger partial charge in [-0.15, -0.1) is 0 Å². The Bertz CT molecular complexity index is 590. The second kappa shape index (κ2) is 3.25. The van der Waals surface area contributed by atoms with E-state index >= 15 is 0 Å². The van der Waals surface area contributed by atoms with E-state index in [-0.39, 0.29) is 5.41 Å². The predicted molar refractivity (Wildman–Crippen MR) is 68.7 cm³/mol. The molecule has 0 saturated carbocycles. The molecule has 17 heavy (non-hydrogen) atoms. The van der Waals surface area contributed by atoms with Gasteiger partial charge < -0.3 is 9.30 Å². The van der Waals surface area contributed by atoms with E-state index in [2.05, 4.69) is 49.4 Å². The molecule has 1 aliphatic rings. The van der Waals surface area contributed by atoms with Gasteiger partial charge in [0.1, 0.15) is 23.7 Å². The summed E-state index contributed by atoms with van der Waals surface area (Å²) in [5.41, 5.74) is 3.63. The van der Waals surface area contributed by atoms with Gasteiger partial charge in [0.25, 0.3) is 0 Å². The largest absolute Gasteiger partial charge is 0.489 e. The van der Waals surface area contributed by atoms with Crippen LogP contribution in [0.25, 0.3) is 11.0 Å². The molecular weight excluding hydrogens is 212 g/mol. The Labute approximate surface area is 101 Å². The first kappa shape index (κ1) is 10.6. The van der Waals surface area contributed by atoms with Gasteiger partial charge in [-0.2, -0.15) is 0 Å². The summed E-state index contributed by atoms with van der Waals surface area (Å²) in [5, 5.41) is 0. The molecule has 1 aromatic carbocycles. The second-order valence-electron chi connectivity index (χ2n) is 5.75. The van der Waals surface area contributed by atoms with Crippen LogP contribution in [-0.2, 0) is 12.0 Å². The van der Waals surface area contributed by atoms with E-state index in [1.165, 1.54) is 5.56 Å². The number of nitrogens with zero attached hydrogens (tertiary/aromatic N) is 2. The number of ether oxygens (including phenoxy) is 1. The van der Waals surface area contributed by atoms with Crippen LogP contribution in [0.3, 0.4) is 0 Å². The first-order chi connectivity index (χ1) is 7.97. The van der Waals surface area contributed by atoms with Crippen molar-refractivity contribution in [3.8, 4) is 5.75 Å². The van der Waals surface area contributed by atoms with Crippen molar-refractivity contribution in [2.24, 2.45) is 0 Å². The molecule has 0 radical (unpaired) electrons. The molecule has 0 atom stereocenters. The first-order valence-electron chi connectivity index (χ1n) is 6.11. The van der Waals surface area contributed by atoms with E-state index in [9.17, 15) is 0 Å². The highest BCUT2D eigenvalue weighted by Gasteiger charge is 2.22. The van der Waals surface area contributed by atoms with Gasteiger partial charge in [-0.05, 0) is 30.0 Å². The van der Waals surface area contributed by atoms with Crippen molar-refractivity contribution in [1.82, 2.24) is 9.55 Å². The number of aryl methyl sites for hydroxylation is 1. The molecule has 0 N–H and O–H groups in total. The highest BCUT2D eigenvalue weighted by molar-refractivity contribution is 5.84. The van der Waals surface area contributed by atoms with Crippen molar-refractivity contribution >= 4 is 11.0 Å². The van der Waals surface area contributed by atoms with Crippen LogP contribution in [-0.4, -0.2) is 16.2 Å². The molecule has 0 bridgehead atoms. The van der Waals surface area contributed by atoms with Crippen molar-refractivity contribution in [1.29, 1.82) is 0 Å². The first-order valence-corrected chi connectivity index (χ1v) is 6.11. The lowest BCUT2D eigenvalue weighted by molar-refractivity contribution is 0.284. The van der Waals surface area contributed by atoms with Crippen LogP contribution < -0.4 is 4.74 Å². The van der Waals surface area contributed by atoms with Gasteiger partial charge >= 0.3 is 0 Å². The van der Waals surface area contributed by atoms with Gasteiger partial charge in [0.2, 0.25) is 0 Å². The molecule has 3 heteroatoms. The summed E-state index contributed by atoms with van der Waals surface area (Å²) in [6, 6.07) is 4.36. The van der Waals surface area contributed by atoms with E-state index in [4.69, 9.17) is 4.74 Å². The topological polar surface area (TPSA) is 27.1 Å². The monoisotopic (exact) mass is 230 g/mol. The molecule has 3 rings (SSSR count). The Hall–Kier alpha value is -1.51. The minimum absolute atomic E-state index is 0.128. The lowest BCUT2D eigenvalue weighted by Crippen LogP contribution is -2.17. The molecule has 0 saturated heterocycles. The number of benzene rings is 1. The molecule has 0 aliphatic carbocycles. The van der Waals surface area contributed by atoms with E-state index in [1.54, 1.807) is 0 Å². The maximum Gasteiger partial charge on any atom is 0.145 e. The average molecular weight is 230 g/mol. The molecular formula is C14H18N2O. The van der Waals surface area contributed by atoms with Crippen LogP contribution in [0.1, 0.15) is 32.2 Å². The van der Waals surface area contributed by atoms with Crippen LogP contribution >= 0.6 is 0 Å². The van der Waals surface area contributed by atoms with E-state index < -0.39 is 0 Å². The van der Waals surface area contributed by atoms with Gasteiger partial charge in [0.15, 0.2) is 0 Å². The Morgan fingerprint density at radius 3 is 2.76 bits per heavy atom. The van der Waals surface area contributed by atoms with Gasteiger partial charge in [-0.3, -0.25) is 0 Å². The fraction of sp³-hybridized carbons (Fsp3) is 0.500. The molecule has 1 aromatic heterocycles. The fourth-order valence-corrected chi connectivity index (χ4v) is 2.41. The van der Waals surface area contributed by atoms with Gasteiger partial charge in [-0.25, -0.2) is 4.98 Å². The number of hydrogen-bond acceptors (Lipinski definition) is 2. The van der Waals surface area contributed by atoms with Gasteiger partial charge in [-0.1, -0.05) is 20.8 Å². The molecule has 1 aliphatic heterocycles. The van der Waals surface area contributed by atoms with Crippen molar-refractivity contribution in [2.75, 3.05) is 6.61 Å². The van der Waals surface area contributed by atoms with Crippen LogP contribution in [0.2, 0.25) is 0 Å². The molecule has 0 unspecified atom stereocenters. The van der Waals surface area contributed by atoms with Crippen molar-refractivity contribution < 1.29 is 4.74 Å². The zero-order valence-corrected chi connectivity index (χ0v) is 10.9. The molecule has 2 aromatic rings. The summed E-state index contributed by atoms with van der Waals surface area (Å²) in [7, 11) is 0. The maximum atomic E-state index is 5.78. The summed E-state index contributed by atoms with van der Waals surface area (Å²) in [6.07, 6.45) is 0. The van der Waals surface area contributed by atoms with Crippen molar-refractivity contribution in [3.63, 3.8) is 0 Å². The second-order valence-corrected chi connectivity index (χ2v) is 5.75. The Morgan fingerprint density at radius 2 is 2.06 bits per heavy atom. The Kier molecular flexibility index (Phi) is 2.03. The summed E-state index contributed by atoms with van der Waals surface area (Å²) in [5.74, 6) is 2.06. The third-order valence-electron chi connectivity index (χ3n) is 3.44. The molecule has 2 heterocycles. The van der Waals surface area contributed by atoms with Gasteiger partial charge in [0.05, 0.1) is 12.1 Å². The SMILES string of the molecule is Cc1nc2cc(C(C)(C)C)cc3c2n1CCO3. The summed E-state index contributed by atoms with van der Waals surface area (Å²) < 4.78 is 8.03. The van der Waals surface area contributed by atoms with E-state index in [0.29, 0.717) is 0 Å². The van der Waals surface area contributed by atoms with Crippen LogP contribution in [0.5, 0.6) is 5.75 Å². The van der Waals surface area contributed by atoms with Crippen molar-refractivity contribution in [2.45, 2.75) is 39.7 Å². The zero-order valence-electron chi connectivity index (χ0n) is 10.9. The molecule has 0 amide bonds. The van der Waals surface area contributed by atoms with Crippen molar-refractivity contribution in [3.05, 3.63) is 23.5 Å². The molecule has 90 valence electrons. The summed E-state index contributed by atoms with van der Waals surface area (Å²) in [4.78, 5) is 4.64. The quantitative estimate of drug-likeness (QED) is 0.695. The number of hydrogen-bond donors (Lipinski definition) is 0. The van der Waals surface area contributed by atoms with Crippen LogP contribution in [0.15, 0.2) is 12.1 Å². The standard InChI is InChI=1S/C14H18N2O/c1-9-15-11-7-10(14(2,3)4)8-12-13(11)16(9)5-6-17-12/h7-8H,5-6H2,1-4H3. The highest BCUT2D eigenvalue weighted by Crippen LogP contribution is 2.35. The van der Waals surface area contributed by atoms with Crippen LogP contribution in [0, 0.1) is 6.92 Å². The molecule has 0 spiro atoms. The highest BCUT2D eigenvalue weighted by atomic mass is 16.5. The third-order valence-corrected chi connectivity index (χ3v) is 3.44. The van der Waals surface area contributed by atoms with E-state index in [0.717, 1.165) is 35.8 Å². The van der Waals surface area contributed by atoms with Gasteiger partial charge in [0, 0.05) is 0 Å². The van der Waals surface area contributed by atoms with Crippen LogP contribution in [0.4, 0.5) is 0 Å². The number of rotatable bonds is 0. The molecule has 0 fully saturated rings. The predicted octanol–water partition coefficient (Wildman–Crippen LogP) is 3.03. The summed E-state index contributed by atoms with van der Waals surface area (Å²) >= 11 is 0. The number of imidazole rings is 1. The zero-order chi connectivity index (χ0) is 12.2. The minimum Gasteiger partial charge on any atom is -0.489 e. The third kappa shape index (κ3) is 1.53. The average Bonchev–Trinajstić information content (AvgIpc) is 2.56. The smallest absolute Gasteiger partial charge is 0.145 e. The summed E-state index contributed by atoms with van der Waals surface area (Å²) in [6.45, 7) is 10.4. The normalized spacial score (nSPS) is 15.1.